The van der Waals surface area contributed by atoms with Crippen LogP contribution in [-0.4, -0.2) is 29.0 Å². The Kier molecular flexibility index (Phi) is 4.35. The van der Waals surface area contributed by atoms with Crippen molar-refractivity contribution in [3.05, 3.63) is 29.3 Å². The molecule has 3 nitrogen and oxygen atoms in total. The Morgan fingerprint density at radius 3 is 2.58 bits per heavy atom. The summed E-state index contributed by atoms with van der Waals surface area (Å²) in [6, 6.07) is 7.75. The second kappa shape index (κ2) is 5.83. The van der Waals surface area contributed by atoms with Gasteiger partial charge in [0.1, 0.15) is 5.75 Å². The molecule has 4 heteroatoms. The monoisotopic (exact) mass is 281 g/mol. The first kappa shape index (κ1) is 14.2. The van der Waals surface area contributed by atoms with Gasteiger partial charge in [0.05, 0.1) is 0 Å². The van der Waals surface area contributed by atoms with E-state index in [4.69, 9.17) is 16.3 Å². The predicted molar refractivity (Wildman–Crippen MR) is 76.5 cm³/mol. The molecule has 1 fully saturated rings. The molecule has 1 saturated carbocycles. The molecule has 0 radical (unpaired) electrons. The number of halogens is 1. The van der Waals surface area contributed by atoms with Crippen LogP contribution >= 0.6 is 11.6 Å². The maximum atomic E-state index is 12.4. The maximum absolute atomic E-state index is 12.4. The summed E-state index contributed by atoms with van der Waals surface area (Å²) >= 11 is 5.91. The van der Waals surface area contributed by atoms with Gasteiger partial charge in [0.25, 0.3) is 5.91 Å². The molecular formula is C15H20ClNO2. The number of benzene rings is 1. The Bertz CT molecular complexity index is 455. The Balaban J connectivity index is 2.02. The van der Waals surface area contributed by atoms with Crippen LogP contribution in [0.15, 0.2) is 24.3 Å². The van der Waals surface area contributed by atoms with E-state index in [1.54, 1.807) is 19.1 Å². The maximum Gasteiger partial charge on any atom is 0.263 e. The quantitative estimate of drug-likeness (QED) is 0.827. The van der Waals surface area contributed by atoms with Gasteiger partial charge in [-0.1, -0.05) is 17.7 Å². The molecule has 1 aromatic rings. The second-order valence-corrected chi connectivity index (χ2v) is 5.72. The van der Waals surface area contributed by atoms with E-state index in [9.17, 15) is 4.79 Å². The number of ether oxygens (including phenoxy) is 1. The van der Waals surface area contributed by atoms with Gasteiger partial charge in [-0.05, 0) is 51.8 Å². The number of carbonyl (C=O) groups excluding carboxylic acids is 1. The minimum Gasteiger partial charge on any atom is -0.481 e. The van der Waals surface area contributed by atoms with E-state index in [0.29, 0.717) is 16.8 Å². The van der Waals surface area contributed by atoms with Crippen molar-refractivity contribution < 1.29 is 9.53 Å². The zero-order chi connectivity index (χ0) is 14.0. The summed E-state index contributed by atoms with van der Waals surface area (Å²) in [7, 11) is 0. The van der Waals surface area contributed by atoms with E-state index in [-0.39, 0.29) is 11.9 Å². The van der Waals surface area contributed by atoms with Gasteiger partial charge in [0.15, 0.2) is 6.10 Å². The largest absolute Gasteiger partial charge is 0.481 e. The fraction of sp³-hybridized carbons (Fsp3) is 0.533. The van der Waals surface area contributed by atoms with Gasteiger partial charge in [-0.2, -0.15) is 0 Å². The zero-order valence-corrected chi connectivity index (χ0v) is 12.4. The van der Waals surface area contributed by atoms with Crippen molar-refractivity contribution >= 4 is 17.5 Å². The van der Waals surface area contributed by atoms with Crippen molar-refractivity contribution in [2.24, 2.45) is 0 Å². The summed E-state index contributed by atoms with van der Waals surface area (Å²) < 4.78 is 5.69. The van der Waals surface area contributed by atoms with E-state index in [0.717, 1.165) is 12.8 Å². The third-order valence-corrected chi connectivity index (χ3v) is 3.44. The smallest absolute Gasteiger partial charge is 0.263 e. The number of hydrogen-bond acceptors (Lipinski definition) is 2. The molecule has 0 spiro atoms. The van der Waals surface area contributed by atoms with Crippen molar-refractivity contribution in [3.8, 4) is 5.75 Å². The molecule has 0 aliphatic heterocycles. The van der Waals surface area contributed by atoms with Crippen LogP contribution in [0.25, 0.3) is 0 Å². The molecule has 0 saturated heterocycles. The van der Waals surface area contributed by atoms with Gasteiger partial charge in [0.2, 0.25) is 0 Å². The van der Waals surface area contributed by atoms with Crippen LogP contribution in [0.1, 0.15) is 33.6 Å². The standard InChI is InChI=1S/C15H20ClNO2/c1-10(2)17(13-7-8-13)15(18)11(3)19-14-6-4-5-12(16)9-14/h4-6,9-11,13H,7-8H2,1-3H3. The molecule has 1 unspecified atom stereocenters. The topological polar surface area (TPSA) is 29.5 Å². The molecule has 1 atom stereocenters. The van der Waals surface area contributed by atoms with Gasteiger partial charge in [-0.15, -0.1) is 0 Å². The van der Waals surface area contributed by atoms with Crippen molar-refractivity contribution in [2.75, 3.05) is 0 Å². The highest BCUT2D eigenvalue weighted by Crippen LogP contribution is 2.29. The molecule has 0 bridgehead atoms. The summed E-state index contributed by atoms with van der Waals surface area (Å²) in [5.74, 6) is 0.685. The number of rotatable bonds is 5. The first-order valence-corrected chi connectivity index (χ1v) is 7.11. The lowest BCUT2D eigenvalue weighted by molar-refractivity contribution is -0.140. The van der Waals surface area contributed by atoms with Gasteiger partial charge in [0, 0.05) is 17.1 Å². The third kappa shape index (κ3) is 3.63. The van der Waals surface area contributed by atoms with Gasteiger partial charge < -0.3 is 9.64 Å². The minimum atomic E-state index is -0.485. The van der Waals surface area contributed by atoms with E-state index in [2.05, 4.69) is 0 Å². The molecular weight excluding hydrogens is 262 g/mol. The zero-order valence-electron chi connectivity index (χ0n) is 11.6. The van der Waals surface area contributed by atoms with Crippen LogP contribution < -0.4 is 4.74 Å². The normalized spacial score (nSPS) is 16.3. The predicted octanol–water partition coefficient (Wildman–Crippen LogP) is 3.51. The summed E-state index contributed by atoms with van der Waals surface area (Å²) in [6.07, 6.45) is 1.73. The average Bonchev–Trinajstić information content (AvgIpc) is 3.13. The Morgan fingerprint density at radius 2 is 2.05 bits per heavy atom. The van der Waals surface area contributed by atoms with E-state index in [1.165, 1.54) is 0 Å². The van der Waals surface area contributed by atoms with Gasteiger partial charge in [-0.3, -0.25) is 4.79 Å². The fourth-order valence-electron chi connectivity index (χ4n) is 2.21. The van der Waals surface area contributed by atoms with E-state index >= 15 is 0 Å². The molecule has 2 rings (SSSR count). The lowest BCUT2D eigenvalue weighted by atomic mass is 10.2. The molecule has 104 valence electrons. The van der Waals surface area contributed by atoms with Crippen LogP contribution in [0, 0.1) is 0 Å². The first-order valence-electron chi connectivity index (χ1n) is 6.73. The molecule has 0 N–H and O–H groups in total. The van der Waals surface area contributed by atoms with Gasteiger partial charge in [-0.25, -0.2) is 0 Å². The Labute approximate surface area is 119 Å². The molecule has 19 heavy (non-hydrogen) atoms. The van der Waals surface area contributed by atoms with Gasteiger partial charge >= 0.3 is 0 Å². The highest BCUT2D eigenvalue weighted by Gasteiger charge is 2.36. The molecule has 1 aromatic carbocycles. The number of amides is 1. The summed E-state index contributed by atoms with van der Waals surface area (Å²) in [4.78, 5) is 14.4. The molecule has 1 amide bonds. The Morgan fingerprint density at radius 1 is 1.37 bits per heavy atom. The fourth-order valence-corrected chi connectivity index (χ4v) is 2.39. The van der Waals surface area contributed by atoms with Crippen molar-refractivity contribution in [3.63, 3.8) is 0 Å². The van der Waals surface area contributed by atoms with Crippen LogP contribution in [0.2, 0.25) is 5.02 Å². The summed E-state index contributed by atoms with van der Waals surface area (Å²) in [6.45, 7) is 5.88. The lowest BCUT2D eigenvalue weighted by Gasteiger charge is -2.29. The van der Waals surface area contributed by atoms with Crippen LogP contribution in [0.3, 0.4) is 0 Å². The molecule has 1 aliphatic rings. The van der Waals surface area contributed by atoms with Crippen molar-refractivity contribution in [2.45, 2.75) is 51.8 Å². The van der Waals surface area contributed by atoms with Crippen LogP contribution in [-0.2, 0) is 4.79 Å². The molecule has 0 heterocycles. The molecule has 1 aliphatic carbocycles. The first-order chi connectivity index (χ1) is 8.99. The highest BCUT2D eigenvalue weighted by atomic mass is 35.5. The van der Waals surface area contributed by atoms with E-state index in [1.807, 2.05) is 30.9 Å². The SMILES string of the molecule is CC(Oc1cccc(Cl)c1)C(=O)N(C(C)C)C1CC1. The van der Waals surface area contributed by atoms with Crippen molar-refractivity contribution in [1.82, 2.24) is 4.90 Å². The second-order valence-electron chi connectivity index (χ2n) is 5.29. The number of nitrogens with zero attached hydrogens (tertiary/aromatic N) is 1. The highest BCUT2D eigenvalue weighted by molar-refractivity contribution is 6.30. The van der Waals surface area contributed by atoms with Crippen LogP contribution in [0.4, 0.5) is 0 Å². The molecule has 0 aromatic heterocycles. The number of carbonyl (C=O) groups is 1. The average molecular weight is 282 g/mol. The minimum absolute atomic E-state index is 0.0532. The third-order valence-electron chi connectivity index (χ3n) is 3.21. The van der Waals surface area contributed by atoms with Crippen LogP contribution in [0.5, 0.6) is 5.75 Å². The Hall–Kier alpha value is -1.22. The summed E-state index contributed by atoms with van der Waals surface area (Å²) in [5, 5.41) is 0.611. The van der Waals surface area contributed by atoms with E-state index < -0.39 is 6.10 Å². The lowest BCUT2D eigenvalue weighted by Crippen LogP contribution is -2.45. The number of hydrogen-bond donors (Lipinski definition) is 0. The summed E-state index contributed by atoms with van der Waals surface area (Å²) in [5.41, 5.74) is 0. The van der Waals surface area contributed by atoms with Crippen molar-refractivity contribution in [1.29, 1.82) is 0 Å².